The first-order valence-corrected chi connectivity index (χ1v) is 10.7. The molecule has 1 heterocycles. The zero-order chi connectivity index (χ0) is 23.5. The van der Waals surface area contributed by atoms with Crippen molar-refractivity contribution in [2.75, 3.05) is 11.5 Å². The molecule has 4 rings (SSSR count). The highest BCUT2D eigenvalue weighted by Gasteiger charge is 2.46. The molecule has 1 N–H and O–H groups in total. The van der Waals surface area contributed by atoms with Gasteiger partial charge < -0.3 is 9.84 Å². The third kappa shape index (κ3) is 4.25. The maximum atomic E-state index is 13.1. The Morgan fingerprint density at radius 3 is 2.18 bits per heavy atom. The highest BCUT2D eigenvalue weighted by molar-refractivity contribution is 6.51. The van der Waals surface area contributed by atoms with Gasteiger partial charge >= 0.3 is 5.97 Å². The molecule has 1 atom stereocenters. The molecule has 3 aromatic carbocycles. The number of hydrogen-bond donors (Lipinski definition) is 1. The third-order valence-electron chi connectivity index (χ3n) is 5.33. The minimum Gasteiger partial charge on any atom is -0.507 e. The molecule has 0 spiro atoms. The number of hydrogen-bond acceptors (Lipinski definition) is 5. The van der Waals surface area contributed by atoms with Crippen LogP contribution in [0.3, 0.4) is 0 Å². The second-order valence-corrected chi connectivity index (χ2v) is 7.79. The second-order valence-electron chi connectivity index (χ2n) is 7.35. The van der Waals surface area contributed by atoms with Crippen molar-refractivity contribution in [3.8, 4) is 0 Å². The lowest BCUT2D eigenvalue weighted by Gasteiger charge is -2.25. The quantitative estimate of drug-likeness (QED) is 0.246. The Morgan fingerprint density at radius 2 is 1.58 bits per heavy atom. The lowest BCUT2D eigenvalue weighted by atomic mass is 9.95. The van der Waals surface area contributed by atoms with Crippen LogP contribution in [0, 0.1) is 0 Å². The van der Waals surface area contributed by atoms with Gasteiger partial charge in [0.1, 0.15) is 5.76 Å². The molecule has 1 fully saturated rings. The molecule has 33 heavy (non-hydrogen) atoms. The van der Waals surface area contributed by atoms with Crippen LogP contribution in [0.25, 0.3) is 5.76 Å². The zero-order valence-corrected chi connectivity index (χ0v) is 18.5. The second kappa shape index (κ2) is 9.30. The molecule has 0 radical (unpaired) electrons. The van der Waals surface area contributed by atoms with Gasteiger partial charge in [-0.15, -0.1) is 0 Å². The van der Waals surface area contributed by atoms with Crippen molar-refractivity contribution < 1.29 is 24.2 Å². The van der Waals surface area contributed by atoms with E-state index in [9.17, 15) is 19.5 Å². The van der Waals surface area contributed by atoms with Crippen molar-refractivity contribution in [2.24, 2.45) is 0 Å². The van der Waals surface area contributed by atoms with Crippen LogP contribution in [0.4, 0.5) is 5.69 Å². The van der Waals surface area contributed by atoms with Crippen LogP contribution in [0.5, 0.6) is 0 Å². The van der Waals surface area contributed by atoms with E-state index in [-0.39, 0.29) is 17.9 Å². The van der Waals surface area contributed by atoms with Crippen LogP contribution in [0.1, 0.15) is 34.5 Å². The highest BCUT2D eigenvalue weighted by Crippen LogP contribution is 2.42. The predicted molar refractivity (Wildman–Crippen MR) is 125 cm³/mol. The number of rotatable bonds is 5. The van der Waals surface area contributed by atoms with Gasteiger partial charge in [0.2, 0.25) is 0 Å². The van der Waals surface area contributed by atoms with Crippen LogP contribution >= 0.6 is 11.6 Å². The summed E-state index contributed by atoms with van der Waals surface area (Å²) in [5.74, 6) is -2.33. The monoisotopic (exact) mass is 461 g/mol. The fourth-order valence-corrected chi connectivity index (χ4v) is 3.91. The fraction of sp³-hybridized carbons (Fsp3) is 0.115. The first kappa shape index (κ1) is 22.3. The highest BCUT2D eigenvalue weighted by atomic mass is 35.5. The number of carbonyl (C=O) groups excluding carboxylic acids is 3. The SMILES string of the molecule is CCOC(=O)c1ccc(N2C(=O)C(=O)/C(=C(/O)c3ccccc3)C2c2ccc(Cl)cc2)cc1. The molecule has 3 aromatic rings. The molecule has 1 aliphatic heterocycles. The van der Waals surface area contributed by atoms with Crippen molar-refractivity contribution >= 4 is 40.7 Å². The molecular formula is C26H20ClNO5. The number of ether oxygens (including phenoxy) is 1. The number of carbonyl (C=O) groups is 3. The van der Waals surface area contributed by atoms with E-state index in [0.717, 1.165) is 0 Å². The zero-order valence-electron chi connectivity index (χ0n) is 17.7. The average Bonchev–Trinajstić information content (AvgIpc) is 3.10. The molecule has 1 aliphatic rings. The number of halogens is 1. The molecule has 1 unspecified atom stereocenters. The van der Waals surface area contributed by atoms with Crippen LogP contribution < -0.4 is 4.90 Å². The predicted octanol–water partition coefficient (Wildman–Crippen LogP) is 5.14. The summed E-state index contributed by atoms with van der Waals surface area (Å²) in [6.07, 6.45) is 0. The summed E-state index contributed by atoms with van der Waals surface area (Å²) in [5, 5.41) is 11.5. The number of anilines is 1. The lowest BCUT2D eigenvalue weighted by molar-refractivity contribution is -0.132. The van der Waals surface area contributed by atoms with Gasteiger partial charge in [-0.1, -0.05) is 54.1 Å². The summed E-state index contributed by atoms with van der Waals surface area (Å²) >= 11 is 6.04. The molecular weight excluding hydrogens is 442 g/mol. The topological polar surface area (TPSA) is 83.9 Å². The molecule has 0 aromatic heterocycles. The Morgan fingerprint density at radius 1 is 0.939 bits per heavy atom. The minimum atomic E-state index is -0.879. The minimum absolute atomic E-state index is 0.0250. The van der Waals surface area contributed by atoms with Gasteiger partial charge in [-0.05, 0) is 48.9 Å². The van der Waals surface area contributed by atoms with Crippen molar-refractivity contribution in [2.45, 2.75) is 13.0 Å². The Labute approximate surface area is 195 Å². The number of Topliss-reactive ketones (excluding diaryl/α,β-unsaturated/α-hetero) is 1. The Kier molecular flexibility index (Phi) is 6.29. The summed E-state index contributed by atoms with van der Waals surface area (Å²) < 4.78 is 5.00. The van der Waals surface area contributed by atoms with Gasteiger partial charge in [-0.2, -0.15) is 0 Å². The van der Waals surface area contributed by atoms with Gasteiger partial charge in [-0.25, -0.2) is 4.79 Å². The number of aliphatic hydroxyl groups excluding tert-OH is 1. The normalized spacial score (nSPS) is 17.3. The number of aliphatic hydroxyl groups is 1. The molecule has 7 heteroatoms. The number of esters is 1. The molecule has 0 bridgehead atoms. The van der Waals surface area contributed by atoms with Crippen LogP contribution in [-0.4, -0.2) is 29.4 Å². The Bertz CT molecular complexity index is 1230. The molecule has 6 nitrogen and oxygen atoms in total. The van der Waals surface area contributed by atoms with Crippen LogP contribution in [0.15, 0.2) is 84.4 Å². The molecule has 0 aliphatic carbocycles. The first-order chi connectivity index (χ1) is 15.9. The maximum absolute atomic E-state index is 13.1. The van der Waals surface area contributed by atoms with Crippen molar-refractivity contribution in [1.29, 1.82) is 0 Å². The summed E-state index contributed by atoms with van der Waals surface area (Å²) in [6, 6.07) is 20.6. The van der Waals surface area contributed by atoms with Crippen molar-refractivity contribution in [3.05, 3.63) is 106 Å². The smallest absolute Gasteiger partial charge is 0.338 e. The Balaban J connectivity index is 1.85. The van der Waals surface area contributed by atoms with Gasteiger partial charge in [0.25, 0.3) is 11.7 Å². The molecule has 1 saturated heterocycles. The van der Waals surface area contributed by atoms with Crippen molar-refractivity contribution in [3.63, 3.8) is 0 Å². The van der Waals surface area contributed by atoms with E-state index in [1.165, 1.54) is 17.0 Å². The Hall–Kier alpha value is -3.90. The van der Waals surface area contributed by atoms with E-state index in [1.807, 2.05) is 0 Å². The lowest BCUT2D eigenvalue weighted by Crippen LogP contribution is -2.29. The fourth-order valence-electron chi connectivity index (χ4n) is 3.78. The average molecular weight is 462 g/mol. The van der Waals surface area contributed by atoms with Crippen LogP contribution in [0.2, 0.25) is 5.02 Å². The summed E-state index contributed by atoms with van der Waals surface area (Å²) in [7, 11) is 0. The number of ketones is 1. The largest absolute Gasteiger partial charge is 0.507 e. The van der Waals surface area contributed by atoms with Gasteiger partial charge in [0.15, 0.2) is 0 Å². The standard InChI is InChI=1S/C26H20ClNO5/c1-2-33-26(32)18-10-14-20(15-11-18)28-22(16-8-12-19(27)13-9-16)21(24(30)25(28)31)23(29)17-6-4-3-5-7-17/h3-15,22,29H,2H2,1H3/b23-21+. The molecule has 0 saturated carbocycles. The number of benzene rings is 3. The maximum Gasteiger partial charge on any atom is 0.338 e. The summed E-state index contributed by atoms with van der Waals surface area (Å²) in [6.45, 7) is 1.95. The summed E-state index contributed by atoms with van der Waals surface area (Å²) in [4.78, 5) is 39.6. The van der Waals surface area contributed by atoms with Gasteiger partial charge in [0, 0.05) is 16.3 Å². The van der Waals surface area contributed by atoms with E-state index in [4.69, 9.17) is 16.3 Å². The van der Waals surface area contributed by atoms with E-state index in [0.29, 0.717) is 27.4 Å². The summed E-state index contributed by atoms with van der Waals surface area (Å²) in [5.41, 5.74) is 1.72. The van der Waals surface area contributed by atoms with Crippen LogP contribution in [-0.2, 0) is 14.3 Å². The van der Waals surface area contributed by atoms with Crippen molar-refractivity contribution in [1.82, 2.24) is 0 Å². The third-order valence-corrected chi connectivity index (χ3v) is 5.59. The van der Waals surface area contributed by atoms with E-state index in [2.05, 4.69) is 0 Å². The van der Waals surface area contributed by atoms with E-state index < -0.39 is 23.7 Å². The van der Waals surface area contributed by atoms with E-state index in [1.54, 1.807) is 73.7 Å². The number of nitrogens with zero attached hydrogens (tertiary/aromatic N) is 1. The van der Waals surface area contributed by atoms with E-state index >= 15 is 0 Å². The van der Waals surface area contributed by atoms with Gasteiger partial charge in [0.05, 0.1) is 23.8 Å². The molecule has 166 valence electrons. The first-order valence-electron chi connectivity index (χ1n) is 10.3. The molecule has 1 amide bonds. The van der Waals surface area contributed by atoms with Gasteiger partial charge in [-0.3, -0.25) is 14.5 Å². The number of amides is 1.